The molecule has 2 heterocycles. The van der Waals surface area contributed by atoms with Crippen LogP contribution in [0, 0.1) is 11.6 Å². The highest BCUT2D eigenvalue weighted by Gasteiger charge is 2.20. The minimum absolute atomic E-state index is 0.142. The molecule has 0 saturated heterocycles. The van der Waals surface area contributed by atoms with Crippen molar-refractivity contribution in [3.05, 3.63) is 41.2 Å². The molecule has 0 radical (unpaired) electrons. The molecule has 108 valence electrons. The first kappa shape index (κ1) is 13.8. The van der Waals surface area contributed by atoms with Crippen molar-refractivity contribution in [2.75, 3.05) is 7.11 Å². The number of nitrogens with zero attached hydrogens (tertiary/aromatic N) is 3. The van der Waals surface area contributed by atoms with Crippen molar-refractivity contribution in [2.45, 2.75) is 0 Å². The number of aryl methyl sites for hydroxylation is 1. The Kier molecular flexibility index (Phi) is 3.25. The first-order valence-electron chi connectivity index (χ1n) is 6.03. The van der Waals surface area contributed by atoms with Crippen LogP contribution in [-0.4, -0.2) is 21.9 Å². The molecule has 0 aliphatic heterocycles. The third-order valence-electron chi connectivity index (χ3n) is 3.21. The van der Waals surface area contributed by atoms with E-state index in [-0.39, 0.29) is 5.56 Å². The van der Waals surface area contributed by atoms with Gasteiger partial charge in [-0.15, -0.1) is 0 Å². The summed E-state index contributed by atoms with van der Waals surface area (Å²) < 4.78 is 34.2. The van der Waals surface area contributed by atoms with E-state index < -0.39 is 17.4 Å². The van der Waals surface area contributed by atoms with Crippen LogP contribution in [0.5, 0.6) is 5.75 Å². The van der Waals surface area contributed by atoms with Gasteiger partial charge >= 0.3 is 0 Å². The standard InChI is InChI=1S/C14H10ClF2N3O/c1-20-10-5-11(15)18-6-8(10)13(19-20)7-3-4-9(16)14(21-2)12(7)17/h3-6H,1-2H3. The highest BCUT2D eigenvalue weighted by molar-refractivity contribution is 6.30. The maximum atomic E-state index is 14.4. The zero-order valence-electron chi connectivity index (χ0n) is 11.2. The van der Waals surface area contributed by atoms with Crippen LogP contribution in [-0.2, 0) is 7.05 Å². The van der Waals surface area contributed by atoms with Gasteiger partial charge in [0.25, 0.3) is 0 Å². The number of hydrogen-bond acceptors (Lipinski definition) is 3. The van der Waals surface area contributed by atoms with E-state index in [2.05, 4.69) is 10.1 Å². The summed E-state index contributed by atoms with van der Waals surface area (Å²) in [6.07, 6.45) is 1.51. The van der Waals surface area contributed by atoms with E-state index in [1.54, 1.807) is 17.8 Å². The number of ether oxygens (including phenoxy) is 1. The minimum atomic E-state index is -0.799. The molecule has 21 heavy (non-hydrogen) atoms. The predicted molar refractivity (Wildman–Crippen MR) is 75.4 cm³/mol. The van der Waals surface area contributed by atoms with Gasteiger partial charge in [0.2, 0.25) is 0 Å². The highest BCUT2D eigenvalue weighted by Crippen LogP contribution is 2.34. The molecule has 0 aliphatic rings. The van der Waals surface area contributed by atoms with Gasteiger partial charge in [0.15, 0.2) is 17.4 Å². The molecule has 4 nitrogen and oxygen atoms in total. The number of benzene rings is 1. The Morgan fingerprint density at radius 2 is 2.05 bits per heavy atom. The quantitative estimate of drug-likeness (QED) is 0.679. The lowest BCUT2D eigenvalue weighted by atomic mass is 10.1. The van der Waals surface area contributed by atoms with Crippen LogP contribution in [0.2, 0.25) is 5.15 Å². The SMILES string of the molecule is COc1c(F)ccc(-c2nn(C)c3cc(Cl)ncc23)c1F. The lowest BCUT2D eigenvalue weighted by Crippen LogP contribution is -1.96. The zero-order chi connectivity index (χ0) is 15.1. The molecule has 0 amide bonds. The second-order valence-electron chi connectivity index (χ2n) is 4.44. The van der Waals surface area contributed by atoms with Gasteiger partial charge in [-0.1, -0.05) is 11.6 Å². The third kappa shape index (κ3) is 2.12. The molecular formula is C14H10ClF2N3O. The van der Waals surface area contributed by atoms with Gasteiger partial charge in [0.1, 0.15) is 10.8 Å². The van der Waals surface area contributed by atoms with Crippen molar-refractivity contribution >= 4 is 22.5 Å². The summed E-state index contributed by atoms with van der Waals surface area (Å²) in [6, 6.07) is 4.09. The van der Waals surface area contributed by atoms with Crippen molar-refractivity contribution in [3.8, 4) is 17.0 Å². The molecule has 0 aliphatic carbocycles. The Bertz CT molecular complexity index is 848. The Labute approximate surface area is 123 Å². The number of aromatic nitrogens is 3. The predicted octanol–water partition coefficient (Wildman–Crippen LogP) is 3.58. The van der Waals surface area contributed by atoms with Crippen molar-refractivity contribution in [3.63, 3.8) is 0 Å². The van der Waals surface area contributed by atoms with Crippen LogP contribution >= 0.6 is 11.6 Å². The topological polar surface area (TPSA) is 39.9 Å². The maximum absolute atomic E-state index is 14.4. The van der Waals surface area contributed by atoms with E-state index in [4.69, 9.17) is 16.3 Å². The average Bonchev–Trinajstić information content (AvgIpc) is 2.76. The second-order valence-corrected chi connectivity index (χ2v) is 4.83. The number of rotatable bonds is 2. The molecular weight excluding hydrogens is 300 g/mol. The molecule has 0 fully saturated rings. The van der Waals surface area contributed by atoms with Crippen LogP contribution < -0.4 is 4.74 Å². The average molecular weight is 310 g/mol. The normalized spacial score (nSPS) is 11.1. The van der Waals surface area contributed by atoms with Crippen molar-refractivity contribution in [1.29, 1.82) is 0 Å². The zero-order valence-corrected chi connectivity index (χ0v) is 11.9. The number of methoxy groups -OCH3 is 1. The Balaban J connectivity index is 2.31. The largest absolute Gasteiger partial charge is 0.491 e. The smallest absolute Gasteiger partial charge is 0.191 e. The molecule has 0 unspecified atom stereocenters. The summed E-state index contributed by atoms with van der Waals surface area (Å²) in [5.41, 5.74) is 1.20. The first-order chi connectivity index (χ1) is 10.0. The number of fused-ring (bicyclic) bond motifs is 1. The summed E-state index contributed by atoms with van der Waals surface area (Å²) in [5.74, 6) is -2.00. The minimum Gasteiger partial charge on any atom is -0.491 e. The lowest BCUT2D eigenvalue weighted by molar-refractivity contribution is 0.360. The van der Waals surface area contributed by atoms with Gasteiger partial charge in [-0.3, -0.25) is 4.68 Å². The molecule has 3 rings (SSSR count). The number of pyridine rings is 1. The molecule has 0 spiro atoms. The van der Waals surface area contributed by atoms with E-state index in [9.17, 15) is 8.78 Å². The van der Waals surface area contributed by atoms with Crippen LogP contribution in [0.25, 0.3) is 22.2 Å². The second kappa shape index (κ2) is 4.96. The van der Waals surface area contributed by atoms with Crippen molar-refractivity contribution < 1.29 is 13.5 Å². The monoisotopic (exact) mass is 309 g/mol. The molecule has 7 heteroatoms. The van der Waals surface area contributed by atoms with Crippen molar-refractivity contribution in [2.24, 2.45) is 7.05 Å². The van der Waals surface area contributed by atoms with E-state index in [1.165, 1.54) is 19.4 Å². The molecule has 1 aromatic carbocycles. The Morgan fingerprint density at radius 3 is 2.76 bits per heavy atom. The molecule has 3 aromatic rings. The molecule has 0 saturated carbocycles. The fraction of sp³-hybridized carbons (Fsp3) is 0.143. The maximum Gasteiger partial charge on any atom is 0.191 e. The van der Waals surface area contributed by atoms with E-state index >= 15 is 0 Å². The van der Waals surface area contributed by atoms with Crippen LogP contribution in [0.1, 0.15) is 0 Å². The molecule has 0 N–H and O–H groups in total. The number of hydrogen-bond donors (Lipinski definition) is 0. The third-order valence-corrected chi connectivity index (χ3v) is 3.42. The van der Waals surface area contributed by atoms with Gasteiger partial charge < -0.3 is 4.74 Å². The van der Waals surface area contributed by atoms with Crippen LogP contribution in [0.3, 0.4) is 0 Å². The summed E-state index contributed by atoms with van der Waals surface area (Å²) in [4.78, 5) is 3.98. The first-order valence-corrected chi connectivity index (χ1v) is 6.41. The Hall–Kier alpha value is -2.21. The van der Waals surface area contributed by atoms with Gasteiger partial charge in [-0.2, -0.15) is 5.10 Å². The van der Waals surface area contributed by atoms with Crippen LogP contribution in [0.15, 0.2) is 24.4 Å². The fourth-order valence-electron chi connectivity index (χ4n) is 2.23. The number of halogens is 3. The van der Waals surface area contributed by atoms with E-state index in [0.29, 0.717) is 21.7 Å². The van der Waals surface area contributed by atoms with Gasteiger partial charge in [0, 0.05) is 30.3 Å². The summed E-state index contributed by atoms with van der Waals surface area (Å²) in [6.45, 7) is 0. The highest BCUT2D eigenvalue weighted by atomic mass is 35.5. The molecule has 2 aromatic heterocycles. The van der Waals surface area contributed by atoms with Gasteiger partial charge in [-0.05, 0) is 12.1 Å². The van der Waals surface area contributed by atoms with Crippen molar-refractivity contribution in [1.82, 2.24) is 14.8 Å². The van der Waals surface area contributed by atoms with Gasteiger partial charge in [-0.25, -0.2) is 13.8 Å². The summed E-state index contributed by atoms with van der Waals surface area (Å²) in [7, 11) is 2.92. The molecule has 0 atom stereocenters. The molecule has 0 bridgehead atoms. The lowest BCUT2D eigenvalue weighted by Gasteiger charge is -2.07. The van der Waals surface area contributed by atoms with E-state index in [0.717, 1.165) is 6.07 Å². The Morgan fingerprint density at radius 1 is 1.29 bits per heavy atom. The van der Waals surface area contributed by atoms with E-state index in [1.807, 2.05) is 0 Å². The van der Waals surface area contributed by atoms with Gasteiger partial charge in [0.05, 0.1) is 12.6 Å². The summed E-state index contributed by atoms with van der Waals surface area (Å²) >= 11 is 5.85. The fourth-order valence-corrected chi connectivity index (χ4v) is 2.38. The summed E-state index contributed by atoms with van der Waals surface area (Å²) in [5, 5.41) is 5.20. The van der Waals surface area contributed by atoms with Crippen LogP contribution in [0.4, 0.5) is 8.78 Å².